The molecule has 0 saturated heterocycles. The standard InChI is InChI=1S/C13H27NOS/c1-6-16(15)12-9-10(13(2,3)4)7-8-11(12)14-5/h10-12,14H,6-9H2,1-5H3. The van der Waals surface area contributed by atoms with Crippen molar-refractivity contribution in [3.05, 3.63) is 0 Å². The van der Waals surface area contributed by atoms with Gasteiger partial charge in [0.15, 0.2) is 0 Å². The Balaban J connectivity index is 2.73. The predicted octanol–water partition coefficient (Wildman–Crippen LogP) is 2.56. The largest absolute Gasteiger partial charge is 0.316 e. The molecule has 16 heavy (non-hydrogen) atoms. The van der Waals surface area contributed by atoms with Gasteiger partial charge in [-0.25, -0.2) is 0 Å². The van der Waals surface area contributed by atoms with Crippen LogP contribution in [0.15, 0.2) is 0 Å². The summed E-state index contributed by atoms with van der Waals surface area (Å²) in [5.41, 5.74) is 0.356. The second kappa shape index (κ2) is 5.63. The molecule has 0 heterocycles. The zero-order chi connectivity index (χ0) is 12.3. The molecule has 0 aliphatic heterocycles. The Morgan fingerprint density at radius 2 is 1.94 bits per heavy atom. The van der Waals surface area contributed by atoms with Gasteiger partial charge in [0.2, 0.25) is 0 Å². The summed E-state index contributed by atoms with van der Waals surface area (Å²) >= 11 is 0. The highest BCUT2D eigenvalue weighted by atomic mass is 32.2. The smallest absolute Gasteiger partial charge is 0.0503 e. The Kier molecular flexibility index (Phi) is 4.99. The summed E-state index contributed by atoms with van der Waals surface area (Å²) in [6.07, 6.45) is 3.57. The van der Waals surface area contributed by atoms with Crippen LogP contribution in [-0.4, -0.2) is 28.3 Å². The van der Waals surface area contributed by atoms with E-state index in [9.17, 15) is 4.21 Å². The van der Waals surface area contributed by atoms with Crippen molar-refractivity contribution in [3.8, 4) is 0 Å². The molecule has 4 atom stereocenters. The molecule has 1 saturated carbocycles. The lowest BCUT2D eigenvalue weighted by molar-refractivity contribution is 0.166. The van der Waals surface area contributed by atoms with Crippen LogP contribution in [0.5, 0.6) is 0 Å². The third-order valence-electron chi connectivity index (χ3n) is 4.01. The van der Waals surface area contributed by atoms with Crippen molar-refractivity contribution in [2.75, 3.05) is 12.8 Å². The summed E-state index contributed by atoms with van der Waals surface area (Å²) in [4.78, 5) is 0. The van der Waals surface area contributed by atoms with Gasteiger partial charge in [0.05, 0.1) is 5.25 Å². The predicted molar refractivity (Wildman–Crippen MR) is 72.1 cm³/mol. The molecule has 1 rings (SSSR count). The van der Waals surface area contributed by atoms with Gasteiger partial charge >= 0.3 is 0 Å². The molecule has 0 aromatic rings. The first-order valence-corrected chi connectivity index (χ1v) is 7.82. The molecular formula is C13H27NOS. The summed E-state index contributed by atoms with van der Waals surface area (Å²) in [5.74, 6) is 1.51. The highest BCUT2D eigenvalue weighted by molar-refractivity contribution is 7.85. The molecule has 0 aromatic heterocycles. The lowest BCUT2D eigenvalue weighted by Gasteiger charge is -2.41. The summed E-state index contributed by atoms with van der Waals surface area (Å²) < 4.78 is 12.1. The zero-order valence-corrected chi connectivity index (χ0v) is 12.2. The van der Waals surface area contributed by atoms with Crippen LogP contribution in [0.25, 0.3) is 0 Å². The van der Waals surface area contributed by atoms with Crippen molar-refractivity contribution < 1.29 is 4.21 Å². The Bertz CT molecular complexity index is 247. The SMILES string of the molecule is CCS(=O)C1CC(C(C)(C)C)CCC1NC. The number of nitrogens with one attached hydrogen (secondary N) is 1. The van der Waals surface area contributed by atoms with Crippen LogP contribution in [0.2, 0.25) is 0 Å². The molecule has 1 aliphatic rings. The summed E-state index contributed by atoms with van der Waals surface area (Å²) in [5, 5.41) is 3.70. The topological polar surface area (TPSA) is 29.1 Å². The summed E-state index contributed by atoms with van der Waals surface area (Å²) in [6, 6.07) is 0.458. The lowest BCUT2D eigenvalue weighted by atomic mass is 9.71. The van der Waals surface area contributed by atoms with Crippen molar-refractivity contribution >= 4 is 10.8 Å². The first-order valence-electron chi connectivity index (χ1n) is 6.44. The minimum absolute atomic E-state index is 0.355. The second-order valence-corrected chi connectivity index (χ2v) is 7.92. The molecule has 2 nitrogen and oxygen atoms in total. The van der Waals surface area contributed by atoms with Gasteiger partial charge in [0.25, 0.3) is 0 Å². The van der Waals surface area contributed by atoms with Crippen molar-refractivity contribution in [1.82, 2.24) is 5.32 Å². The molecule has 1 N–H and O–H groups in total. The maximum Gasteiger partial charge on any atom is 0.0503 e. The number of hydrogen-bond donors (Lipinski definition) is 1. The van der Waals surface area contributed by atoms with Crippen LogP contribution in [0.1, 0.15) is 47.0 Å². The Morgan fingerprint density at radius 1 is 1.31 bits per heavy atom. The van der Waals surface area contributed by atoms with Crippen molar-refractivity contribution in [2.45, 2.75) is 58.2 Å². The van der Waals surface area contributed by atoms with Gasteiger partial charge in [0.1, 0.15) is 0 Å². The zero-order valence-electron chi connectivity index (χ0n) is 11.4. The molecule has 0 amide bonds. The second-order valence-electron chi connectivity index (χ2n) is 5.98. The van der Waals surface area contributed by atoms with Crippen molar-refractivity contribution in [2.24, 2.45) is 11.3 Å². The average molecular weight is 245 g/mol. The molecule has 1 aliphatic carbocycles. The van der Waals surface area contributed by atoms with E-state index >= 15 is 0 Å². The van der Waals surface area contributed by atoms with E-state index in [0.29, 0.717) is 16.7 Å². The molecule has 1 fully saturated rings. The van der Waals surface area contributed by atoms with E-state index in [-0.39, 0.29) is 0 Å². The molecule has 3 heteroatoms. The van der Waals surface area contributed by atoms with Crippen LogP contribution in [0.4, 0.5) is 0 Å². The Hall–Kier alpha value is 0.110. The van der Waals surface area contributed by atoms with Gasteiger partial charge in [-0.3, -0.25) is 4.21 Å². The van der Waals surface area contributed by atoms with Crippen LogP contribution >= 0.6 is 0 Å². The fourth-order valence-electron chi connectivity index (χ4n) is 2.75. The molecule has 0 bridgehead atoms. The monoisotopic (exact) mass is 245 g/mol. The van der Waals surface area contributed by atoms with Gasteiger partial charge in [-0.05, 0) is 37.6 Å². The average Bonchev–Trinajstić information content (AvgIpc) is 2.25. The van der Waals surface area contributed by atoms with Crippen molar-refractivity contribution in [1.29, 1.82) is 0 Å². The maximum atomic E-state index is 12.1. The third-order valence-corrected chi connectivity index (χ3v) is 5.77. The molecule has 4 unspecified atom stereocenters. The van der Waals surface area contributed by atoms with Gasteiger partial charge in [-0.1, -0.05) is 27.7 Å². The summed E-state index contributed by atoms with van der Waals surface area (Å²) in [7, 11) is 1.34. The Labute approximate surface area is 103 Å². The maximum absolute atomic E-state index is 12.1. The van der Waals surface area contributed by atoms with Gasteiger partial charge in [-0.15, -0.1) is 0 Å². The Morgan fingerprint density at radius 3 is 2.38 bits per heavy atom. The van der Waals surface area contributed by atoms with E-state index in [2.05, 4.69) is 26.1 Å². The molecule has 0 aromatic carbocycles. The number of hydrogen-bond acceptors (Lipinski definition) is 2. The first-order chi connectivity index (χ1) is 7.40. The first kappa shape index (κ1) is 14.2. The van der Waals surface area contributed by atoms with Crippen LogP contribution in [-0.2, 0) is 10.8 Å². The van der Waals surface area contributed by atoms with Crippen molar-refractivity contribution in [3.63, 3.8) is 0 Å². The third kappa shape index (κ3) is 3.30. The summed E-state index contributed by atoms with van der Waals surface area (Å²) in [6.45, 7) is 8.96. The van der Waals surface area contributed by atoms with Gasteiger partial charge < -0.3 is 5.32 Å². The quantitative estimate of drug-likeness (QED) is 0.828. The van der Waals surface area contributed by atoms with E-state index < -0.39 is 10.8 Å². The fourth-order valence-corrected chi connectivity index (χ4v) is 4.26. The molecule has 0 spiro atoms. The van der Waals surface area contributed by atoms with Crippen LogP contribution in [0, 0.1) is 11.3 Å². The van der Waals surface area contributed by atoms with E-state index in [1.807, 2.05) is 14.0 Å². The van der Waals surface area contributed by atoms with E-state index in [4.69, 9.17) is 0 Å². The molecule has 96 valence electrons. The lowest BCUT2D eigenvalue weighted by Crippen LogP contribution is -2.47. The van der Waals surface area contributed by atoms with Gasteiger partial charge in [0, 0.05) is 22.6 Å². The molecule has 0 radical (unpaired) electrons. The fraction of sp³-hybridized carbons (Fsp3) is 1.00. The number of rotatable bonds is 3. The minimum Gasteiger partial charge on any atom is -0.316 e. The minimum atomic E-state index is -0.661. The normalized spacial score (nSPS) is 33.7. The highest BCUT2D eigenvalue weighted by Gasteiger charge is 2.37. The van der Waals surface area contributed by atoms with Crippen LogP contribution < -0.4 is 5.32 Å². The van der Waals surface area contributed by atoms with Gasteiger partial charge in [-0.2, -0.15) is 0 Å². The molecular weight excluding hydrogens is 218 g/mol. The highest BCUT2D eigenvalue weighted by Crippen LogP contribution is 2.39. The van der Waals surface area contributed by atoms with E-state index in [1.54, 1.807) is 0 Å². The van der Waals surface area contributed by atoms with E-state index in [0.717, 1.165) is 18.1 Å². The van der Waals surface area contributed by atoms with E-state index in [1.165, 1.54) is 12.8 Å². The van der Waals surface area contributed by atoms with Crippen LogP contribution in [0.3, 0.4) is 0 Å².